The number of rotatable bonds is 7. The highest BCUT2D eigenvalue weighted by molar-refractivity contribution is 8.01. The Kier molecular flexibility index (Phi) is 5.98. The van der Waals surface area contributed by atoms with E-state index in [0.29, 0.717) is 27.8 Å². The number of hydrogen-bond acceptors (Lipinski definition) is 9. The van der Waals surface area contributed by atoms with Crippen molar-refractivity contribution in [2.45, 2.75) is 22.7 Å². The lowest BCUT2D eigenvalue weighted by molar-refractivity contribution is -0.151. The van der Waals surface area contributed by atoms with Gasteiger partial charge in [0.15, 0.2) is 6.10 Å². The number of aliphatic hydroxyl groups excluding tert-OH is 1. The number of aliphatic carboxylic acids is 1. The topological polar surface area (TPSA) is 151 Å². The van der Waals surface area contributed by atoms with E-state index in [1.54, 1.807) is 37.4 Å². The molecule has 1 saturated heterocycles. The number of nitrogens with one attached hydrogen (secondary N) is 1. The second-order valence-electron chi connectivity index (χ2n) is 6.84. The quantitative estimate of drug-likeness (QED) is 0.372. The van der Waals surface area contributed by atoms with E-state index in [2.05, 4.69) is 20.8 Å². The predicted molar refractivity (Wildman–Crippen MR) is 111 cm³/mol. The number of hydrogen-bond donors (Lipinski definition) is 3. The van der Waals surface area contributed by atoms with E-state index in [1.807, 2.05) is 0 Å². The molecule has 1 fully saturated rings. The third-order valence-corrected chi connectivity index (χ3v) is 7.30. The summed E-state index contributed by atoms with van der Waals surface area (Å²) in [6.45, 7) is 0. The summed E-state index contributed by atoms with van der Waals surface area (Å²) >= 11 is 2.64. The number of carboxylic acid groups (broad SMARTS) is 1. The Bertz CT molecular complexity index is 1060. The summed E-state index contributed by atoms with van der Waals surface area (Å²) < 4.78 is 1.48. The molecule has 1 aromatic carbocycles. The smallest absolute Gasteiger partial charge is 0.352 e. The first-order chi connectivity index (χ1) is 14.9. The summed E-state index contributed by atoms with van der Waals surface area (Å²) in [7, 11) is 1.68. The fourth-order valence-corrected chi connectivity index (χ4v) is 5.64. The number of amides is 2. The minimum Gasteiger partial charge on any atom is -0.477 e. The number of fused-ring (bicyclic) bond motifs is 1. The average molecular weight is 463 g/mol. The zero-order valence-corrected chi connectivity index (χ0v) is 17.8. The first-order valence-corrected chi connectivity index (χ1v) is 11.2. The van der Waals surface area contributed by atoms with Crippen molar-refractivity contribution < 1.29 is 24.6 Å². The van der Waals surface area contributed by atoms with E-state index in [9.17, 15) is 24.6 Å². The van der Waals surface area contributed by atoms with Crippen LogP contribution >= 0.6 is 23.5 Å². The first kappa shape index (κ1) is 21.3. The molecule has 11 nitrogen and oxygen atoms in total. The minimum atomic E-state index is -1.42. The highest BCUT2D eigenvalue weighted by Gasteiger charge is 2.54. The summed E-state index contributed by atoms with van der Waals surface area (Å²) in [4.78, 5) is 38.2. The molecule has 2 unspecified atom stereocenters. The van der Waals surface area contributed by atoms with Gasteiger partial charge in [0.1, 0.15) is 17.1 Å². The molecular weight excluding hydrogens is 444 g/mol. The van der Waals surface area contributed by atoms with Crippen LogP contribution in [-0.4, -0.2) is 76.0 Å². The van der Waals surface area contributed by atoms with Gasteiger partial charge in [-0.1, -0.05) is 42.1 Å². The molecule has 1 aromatic heterocycles. The van der Waals surface area contributed by atoms with Crippen LogP contribution in [0.15, 0.2) is 46.8 Å². The molecule has 0 radical (unpaired) electrons. The van der Waals surface area contributed by atoms with Crippen LogP contribution in [0, 0.1) is 0 Å². The van der Waals surface area contributed by atoms with Crippen molar-refractivity contribution >= 4 is 41.3 Å². The monoisotopic (exact) mass is 462 g/mol. The zero-order valence-electron chi connectivity index (χ0n) is 16.2. The number of tetrazole rings is 1. The number of aryl methyl sites for hydroxylation is 1. The van der Waals surface area contributed by atoms with Gasteiger partial charge < -0.3 is 15.5 Å². The molecule has 3 N–H and O–H groups in total. The van der Waals surface area contributed by atoms with Gasteiger partial charge in [-0.2, -0.15) is 0 Å². The van der Waals surface area contributed by atoms with Crippen molar-refractivity contribution in [1.82, 2.24) is 30.4 Å². The lowest BCUT2D eigenvalue weighted by Crippen LogP contribution is -2.70. The Hall–Kier alpha value is -2.90. The lowest BCUT2D eigenvalue weighted by Gasteiger charge is -2.49. The van der Waals surface area contributed by atoms with Crippen molar-refractivity contribution in [3.63, 3.8) is 0 Å². The lowest BCUT2D eigenvalue weighted by atomic mass is 10.0. The fraction of sp³-hybridized carbons (Fsp3) is 0.333. The van der Waals surface area contributed by atoms with E-state index in [4.69, 9.17) is 0 Å². The first-order valence-electron chi connectivity index (χ1n) is 9.17. The number of carboxylic acids is 1. The Labute approximate surface area is 184 Å². The fourth-order valence-electron chi connectivity index (χ4n) is 3.31. The van der Waals surface area contributed by atoms with E-state index in [-0.39, 0.29) is 5.70 Å². The molecule has 2 aliphatic heterocycles. The molecule has 4 rings (SSSR count). The highest BCUT2D eigenvalue weighted by Crippen LogP contribution is 2.41. The van der Waals surface area contributed by atoms with Crippen LogP contribution < -0.4 is 5.32 Å². The maximum Gasteiger partial charge on any atom is 0.352 e. The van der Waals surface area contributed by atoms with Gasteiger partial charge >= 0.3 is 5.97 Å². The second-order valence-corrected chi connectivity index (χ2v) is 8.89. The molecule has 0 spiro atoms. The van der Waals surface area contributed by atoms with Crippen LogP contribution in [0.3, 0.4) is 0 Å². The number of carbonyl (C=O) groups is 3. The van der Waals surface area contributed by atoms with Crippen molar-refractivity contribution in [1.29, 1.82) is 0 Å². The van der Waals surface area contributed by atoms with Crippen molar-refractivity contribution in [3.05, 3.63) is 47.2 Å². The molecule has 0 bridgehead atoms. The summed E-state index contributed by atoms with van der Waals surface area (Å²) in [5.41, 5.74) is 0.901. The maximum atomic E-state index is 12.7. The number of thioether (sulfide) groups is 2. The van der Waals surface area contributed by atoms with Crippen LogP contribution in [0.25, 0.3) is 0 Å². The molecule has 0 saturated carbocycles. The van der Waals surface area contributed by atoms with Crippen molar-refractivity contribution in [2.75, 3.05) is 11.5 Å². The number of carbonyl (C=O) groups excluding carboxylic acids is 2. The molecule has 13 heteroatoms. The summed E-state index contributed by atoms with van der Waals surface area (Å²) in [6, 6.07) is 7.46. The van der Waals surface area contributed by atoms with E-state index < -0.39 is 35.3 Å². The van der Waals surface area contributed by atoms with Crippen LogP contribution in [-0.2, 0) is 21.4 Å². The summed E-state index contributed by atoms with van der Waals surface area (Å²) in [5.74, 6) is -1.75. The molecule has 3 atom stereocenters. The van der Waals surface area contributed by atoms with Crippen LogP contribution in [0.5, 0.6) is 0 Å². The van der Waals surface area contributed by atoms with Crippen LogP contribution in [0.4, 0.5) is 0 Å². The molecule has 3 heterocycles. The minimum absolute atomic E-state index is 0.0783. The molecule has 31 heavy (non-hydrogen) atoms. The predicted octanol–water partition coefficient (Wildman–Crippen LogP) is -0.226. The van der Waals surface area contributed by atoms with Crippen molar-refractivity contribution in [2.24, 2.45) is 7.05 Å². The molecule has 2 aromatic rings. The Morgan fingerprint density at radius 2 is 2.10 bits per heavy atom. The Morgan fingerprint density at radius 3 is 2.74 bits per heavy atom. The Morgan fingerprint density at radius 1 is 1.35 bits per heavy atom. The number of benzene rings is 1. The third-order valence-electron chi connectivity index (χ3n) is 4.87. The highest BCUT2D eigenvalue weighted by atomic mass is 32.2. The number of aliphatic hydroxyl groups is 1. The van der Waals surface area contributed by atoms with Gasteiger partial charge in [0, 0.05) is 18.6 Å². The number of nitrogens with zero attached hydrogens (tertiary/aromatic N) is 5. The van der Waals surface area contributed by atoms with E-state index >= 15 is 0 Å². The average Bonchev–Trinajstić information content (AvgIpc) is 3.19. The van der Waals surface area contributed by atoms with Gasteiger partial charge in [-0.25, -0.2) is 9.48 Å². The van der Waals surface area contributed by atoms with Crippen LogP contribution in [0.2, 0.25) is 0 Å². The van der Waals surface area contributed by atoms with E-state index in [1.165, 1.54) is 33.1 Å². The normalized spacial score (nSPS) is 21.4. The third kappa shape index (κ3) is 4.03. The second kappa shape index (κ2) is 8.69. The summed E-state index contributed by atoms with van der Waals surface area (Å²) in [6.07, 6.45) is -1.42. The standard InChI is InChI=1S/C18H18N6O5S2/c1-23-18(20-21-22-23)31-8-10-7-30-16-11(15(27)24(16)12(10)17(28)29)19-14(26)13(25)9-5-3-2-4-6-9/h2-6,11,13,16,25H,7-8H2,1H3,(H,19,26)(H,28,29)/t11?,13-,16?/m0/s1. The molecule has 162 valence electrons. The largest absolute Gasteiger partial charge is 0.477 e. The maximum absolute atomic E-state index is 12.7. The zero-order chi connectivity index (χ0) is 22.1. The molecule has 2 aliphatic rings. The molecule has 2 amide bonds. The Balaban J connectivity index is 1.46. The SMILES string of the molecule is Cn1nnnc1SCC1=C(C(=O)O)N2C(=O)C(NC(=O)[C@@H](O)c3ccccc3)C2SC1. The summed E-state index contributed by atoms with van der Waals surface area (Å²) in [5, 5.41) is 33.6. The van der Waals surface area contributed by atoms with Crippen molar-refractivity contribution in [3.8, 4) is 0 Å². The number of β-lactam (4-membered cyclic amide) rings is 1. The van der Waals surface area contributed by atoms with Gasteiger partial charge in [-0.05, 0) is 21.6 Å². The molecule has 0 aliphatic carbocycles. The molecular formula is C18H18N6O5S2. The van der Waals surface area contributed by atoms with Gasteiger partial charge in [0.05, 0.1) is 0 Å². The number of aromatic nitrogens is 4. The van der Waals surface area contributed by atoms with Gasteiger partial charge in [-0.15, -0.1) is 16.9 Å². The van der Waals surface area contributed by atoms with Gasteiger partial charge in [0.25, 0.3) is 11.8 Å². The van der Waals surface area contributed by atoms with Gasteiger partial charge in [-0.3, -0.25) is 14.5 Å². The van der Waals surface area contributed by atoms with Gasteiger partial charge in [0.2, 0.25) is 5.16 Å². The van der Waals surface area contributed by atoms with E-state index in [0.717, 1.165) is 0 Å². The van der Waals surface area contributed by atoms with Crippen LogP contribution in [0.1, 0.15) is 11.7 Å².